The van der Waals surface area contributed by atoms with Crippen molar-refractivity contribution in [1.82, 2.24) is 10.2 Å². The Kier molecular flexibility index (Phi) is 7.92. The molecule has 3 rings (SSSR count). The molecule has 12 heteroatoms. The van der Waals surface area contributed by atoms with Gasteiger partial charge in [-0.2, -0.15) is 13.2 Å². The Morgan fingerprint density at radius 1 is 1.15 bits per heavy atom. The number of hydrogen-bond donors (Lipinski definition) is 1. The van der Waals surface area contributed by atoms with Crippen molar-refractivity contribution in [2.45, 2.75) is 19.5 Å². The molecule has 1 saturated heterocycles. The van der Waals surface area contributed by atoms with E-state index in [0.717, 1.165) is 18.6 Å². The van der Waals surface area contributed by atoms with Gasteiger partial charge >= 0.3 is 6.18 Å². The van der Waals surface area contributed by atoms with Crippen LogP contribution in [0.25, 0.3) is 0 Å². The number of nitro groups is 1. The number of hydrogen-bond acceptors (Lipinski definition) is 6. The summed E-state index contributed by atoms with van der Waals surface area (Å²) in [7, 11) is 0. The highest BCUT2D eigenvalue weighted by atomic mass is 32.1. The number of benzene rings is 2. The van der Waals surface area contributed by atoms with Crippen LogP contribution in [0.1, 0.15) is 29.3 Å². The van der Waals surface area contributed by atoms with E-state index in [-0.39, 0.29) is 29.8 Å². The van der Waals surface area contributed by atoms with Crippen molar-refractivity contribution in [3.8, 4) is 5.75 Å². The van der Waals surface area contributed by atoms with Crippen LogP contribution in [0.3, 0.4) is 0 Å². The minimum absolute atomic E-state index is 0.109. The molecule has 2 aromatic rings. The Balaban J connectivity index is 1.60. The van der Waals surface area contributed by atoms with Gasteiger partial charge in [0.25, 0.3) is 11.6 Å². The zero-order valence-corrected chi connectivity index (χ0v) is 19.1. The maximum Gasteiger partial charge on any atom is 0.416 e. The van der Waals surface area contributed by atoms with E-state index in [9.17, 15) is 28.1 Å². The molecule has 0 atom stereocenters. The molecule has 1 amide bonds. The second-order valence-corrected chi connectivity index (χ2v) is 7.95. The van der Waals surface area contributed by atoms with Crippen LogP contribution in [0, 0.1) is 10.1 Å². The highest BCUT2D eigenvalue weighted by molar-refractivity contribution is 7.80. The number of carbonyl (C=O) groups is 1. The van der Waals surface area contributed by atoms with Gasteiger partial charge in [-0.05, 0) is 55.0 Å². The molecule has 0 spiro atoms. The Bertz CT molecular complexity index is 1060. The van der Waals surface area contributed by atoms with Gasteiger partial charge in [0.1, 0.15) is 11.4 Å². The fourth-order valence-corrected chi connectivity index (χ4v) is 3.71. The van der Waals surface area contributed by atoms with E-state index in [4.69, 9.17) is 17.0 Å². The summed E-state index contributed by atoms with van der Waals surface area (Å²) in [5, 5.41) is 14.2. The molecule has 34 heavy (non-hydrogen) atoms. The molecular formula is C22H23F3N4O4S. The standard InChI is InChI=1S/C22H23F3N4O4S/c1-2-13-33-17-6-3-15(4-7-17)20(30)26-21(34)28-11-9-27(10-12-28)18-8-5-16(22(23,24)25)14-19(18)29(31)32/h3-8,14H,2,9-13H2,1H3,(H,26,30,34). The largest absolute Gasteiger partial charge is 0.494 e. The van der Waals surface area contributed by atoms with Crippen molar-refractivity contribution in [2.75, 3.05) is 37.7 Å². The van der Waals surface area contributed by atoms with Gasteiger partial charge in [0.05, 0.1) is 17.1 Å². The van der Waals surface area contributed by atoms with Crippen molar-refractivity contribution < 1.29 is 27.6 Å². The Labute approximate surface area is 199 Å². The molecule has 0 radical (unpaired) electrons. The molecular weight excluding hydrogens is 473 g/mol. The van der Waals surface area contributed by atoms with Gasteiger partial charge in [0, 0.05) is 37.8 Å². The van der Waals surface area contributed by atoms with E-state index < -0.39 is 22.4 Å². The van der Waals surface area contributed by atoms with Crippen molar-refractivity contribution in [1.29, 1.82) is 0 Å². The fraction of sp³-hybridized carbons (Fsp3) is 0.364. The number of alkyl halides is 3. The maximum absolute atomic E-state index is 12.9. The lowest BCUT2D eigenvalue weighted by molar-refractivity contribution is -0.384. The SMILES string of the molecule is CCCOc1ccc(C(=O)NC(=S)N2CCN(c3ccc(C(F)(F)F)cc3[N+](=O)[O-])CC2)cc1. The molecule has 0 bridgehead atoms. The number of ether oxygens (including phenoxy) is 1. The molecule has 1 aliphatic rings. The predicted molar refractivity (Wildman–Crippen MR) is 124 cm³/mol. The third-order valence-corrected chi connectivity index (χ3v) is 5.58. The van der Waals surface area contributed by atoms with Gasteiger partial charge in [0.15, 0.2) is 5.11 Å². The van der Waals surface area contributed by atoms with E-state index in [2.05, 4.69) is 5.32 Å². The third kappa shape index (κ3) is 6.13. The first kappa shape index (κ1) is 25.2. The summed E-state index contributed by atoms with van der Waals surface area (Å²) in [6, 6.07) is 9.15. The number of piperazine rings is 1. The molecule has 0 unspecified atom stereocenters. The highest BCUT2D eigenvalue weighted by Gasteiger charge is 2.34. The average Bonchev–Trinajstić information content (AvgIpc) is 2.82. The van der Waals surface area contributed by atoms with Gasteiger partial charge in [-0.3, -0.25) is 20.2 Å². The summed E-state index contributed by atoms with van der Waals surface area (Å²) in [6.07, 6.45) is -3.80. The van der Waals surface area contributed by atoms with Gasteiger partial charge in [-0.1, -0.05) is 6.92 Å². The number of amides is 1. The third-order valence-electron chi connectivity index (χ3n) is 5.22. The Morgan fingerprint density at radius 2 is 1.79 bits per heavy atom. The van der Waals surface area contributed by atoms with E-state index in [1.54, 1.807) is 34.1 Å². The first-order valence-corrected chi connectivity index (χ1v) is 10.9. The van der Waals surface area contributed by atoms with Gasteiger partial charge in [0.2, 0.25) is 0 Å². The molecule has 1 heterocycles. The summed E-state index contributed by atoms with van der Waals surface area (Å²) < 4.78 is 44.3. The van der Waals surface area contributed by atoms with E-state index >= 15 is 0 Å². The van der Waals surface area contributed by atoms with Crippen LogP contribution >= 0.6 is 12.2 Å². The molecule has 0 saturated carbocycles. The summed E-state index contributed by atoms with van der Waals surface area (Å²) in [5.41, 5.74) is -1.16. The number of nitrogens with zero attached hydrogens (tertiary/aromatic N) is 3. The summed E-state index contributed by atoms with van der Waals surface area (Å²) in [5.74, 6) is 0.280. The van der Waals surface area contributed by atoms with Gasteiger partial charge in [-0.15, -0.1) is 0 Å². The van der Waals surface area contributed by atoms with Crippen molar-refractivity contribution in [2.24, 2.45) is 0 Å². The molecule has 0 aromatic heterocycles. The zero-order chi connectivity index (χ0) is 24.9. The first-order valence-electron chi connectivity index (χ1n) is 10.5. The lowest BCUT2D eigenvalue weighted by Gasteiger charge is -2.37. The van der Waals surface area contributed by atoms with Crippen LogP contribution in [-0.4, -0.2) is 53.6 Å². The molecule has 8 nitrogen and oxygen atoms in total. The minimum atomic E-state index is -4.67. The van der Waals surface area contributed by atoms with E-state index in [1.165, 1.54) is 0 Å². The van der Waals surface area contributed by atoms with Crippen LogP contribution < -0.4 is 15.0 Å². The quantitative estimate of drug-likeness (QED) is 0.364. The van der Waals surface area contributed by atoms with Crippen molar-refractivity contribution in [3.05, 3.63) is 63.7 Å². The highest BCUT2D eigenvalue weighted by Crippen LogP contribution is 2.36. The van der Waals surface area contributed by atoms with Crippen LogP contribution in [0.5, 0.6) is 5.75 Å². The summed E-state index contributed by atoms with van der Waals surface area (Å²) >= 11 is 5.33. The topological polar surface area (TPSA) is 88.0 Å². The molecule has 0 aliphatic carbocycles. The van der Waals surface area contributed by atoms with Gasteiger partial charge < -0.3 is 14.5 Å². The molecule has 1 aliphatic heterocycles. The normalized spacial score (nSPS) is 14.0. The Hall–Kier alpha value is -3.41. The lowest BCUT2D eigenvalue weighted by atomic mass is 10.1. The van der Waals surface area contributed by atoms with Crippen LogP contribution in [0.2, 0.25) is 0 Å². The van der Waals surface area contributed by atoms with Gasteiger partial charge in [-0.25, -0.2) is 0 Å². The van der Waals surface area contributed by atoms with Crippen molar-refractivity contribution >= 4 is 34.6 Å². The van der Waals surface area contributed by atoms with Crippen molar-refractivity contribution in [3.63, 3.8) is 0 Å². The number of anilines is 1. The second-order valence-electron chi connectivity index (χ2n) is 7.56. The number of thiocarbonyl (C=S) groups is 1. The number of halogens is 3. The van der Waals surface area contributed by atoms with E-state index in [1.807, 2.05) is 6.92 Å². The van der Waals surface area contributed by atoms with Crippen LogP contribution in [0.15, 0.2) is 42.5 Å². The fourth-order valence-electron chi connectivity index (χ4n) is 3.43. The smallest absolute Gasteiger partial charge is 0.416 e. The number of carbonyl (C=O) groups excluding carboxylic acids is 1. The minimum Gasteiger partial charge on any atom is -0.494 e. The molecule has 2 aromatic carbocycles. The number of nitrogens with one attached hydrogen (secondary N) is 1. The monoisotopic (exact) mass is 496 g/mol. The molecule has 1 fully saturated rings. The van der Waals surface area contributed by atoms with Crippen LogP contribution in [0.4, 0.5) is 24.5 Å². The molecule has 1 N–H and O–H groups in total. The van der Waals surface area contributed by atoms with Crippen LogP contribution in [-0.2, 0) is 6.18 Å². The molecule has 182 valence electrons. The maximum atomic E-state index is 12.9. The number of nitro benzene ring substituents is 1. The zero-order valence-electron chi connectivity index (χ0n) is 18.3. The lowest BCUT2D eigenvalue weighted by Crippen LogP contribution is -2.52. The second kappa shape index (κ2) is 10.7. The number of rotatable bonds is 6. The van der Waals surface area contributed by atoms with E-state index in [0.29, 0.717) is 37.1 Å². The summed E-state index contributed by atoms with van der Waals surface area (Å²) in [4.78, 5) is 26.4. The Morgan fingerprint density at radius 3 is 2.35 bits per heavy atom. The average molecular weight is 497 g/mol. The summed E-state index contributed by atoms with van der Waals surface area (Å²) in [6.45, 7) is 3.81. The first-order chi connectivity index (χ1) is 16.1. The predicted octanol–water partition coefficient (Wildman–Crippen LogP) is 4.24.